The molecular weight excluding hydrogens is 252 g/mol. The minimum absolute atomic E-state index is 0.264. The van der Waals surface area contributed by atoms with Gasteiger partial charge in [-0.15, -0.1) is 0 Å². The number of benzene rings is 1. The van der Waals surface area contributed by atoms with Crippen molar-refractivity contribution >= 4 is 0 Å². The molecule has 1 aliphatic rings. The number of methoxy groups -OCH3 is 1. The van der Waals surface area contributed by atoms with E-state index in [1.54, 1.807) is 7.11 Å². The van der Waals surface area contributed by atoms with Crippen molar-refractivity contribution in [2.75, 3.05) is 26.9 Å². The summed E-state index contributed by atoms with van der Waals surface area (Å²) < 4.78 is 33.8. The maximum absolute atomic E-state index is 11.9. The Bertz CT molecular complexity index is 412. The minimum Gasteiger partial charge on any atom is -0.497 e. The molecule has 0 spiro atoms. The lowest BCUT2D eigenvalue weighted by Crippen LogP contribution is -2.24. The zero-order valence-corrected chi connectivity index (χ0v) is 11.0. The van der Waals surface area contributed by atoms with Crippen LogP contribution in [0.15, 0.2) is 18.2 Å². The molecule has 0 aliphatic heterocycles. The normalized spacial score (nSPS) is 17.8. The average Bonchev–Trinajstić information content (AvgIpc) is 2.80. The van der Waals surface area contributed by atoms with Crippen LogP contribution in [0, 0.1) is 0 Å². The average molecular weight is 271 g/mol. The summed E-state index contributed by atoms with van der Waals surface area (Å²) in [6, 6.07) is 6.36. The number of rotatable bonds is 7. The lowest BCUT2D eigenvalue weighted by molar-refractivity contribution is 0.0182. The molecule has 0 aromatic heterocycles. The van der Waals surface area contributed by atoms with Gasteiger partial charge in [-0.2, -0.15) is 0 Å². The highest BCUT2D eigenvalue weighted by molar-refractivity contribution is 5.40. The van der Waals surface area contributed by atoms with Crippen LogP contribution in [0.2, 0.25) is 0 Å². The van der Waals surface area contributed by atoms with Crippen LogP contribution in [0.3, 0.4) is 0 Å². The Morgan fingerprint density at radius 1 is 1.42 bits per heavy atom. The molecule has 1 aromatic rings. The first-order valence-electron chi connectivity index (χ1n) is 6.47. The fraction of sp³-hybridized carbons (Fsp3) is 0.571. The number of alkyl halides is 2. The summed E-state index contributed by atoms with van der Waals surface area (Å²) in [5.74, 6) is 0.849. The summed E-state index contributed by atoms with van der Waals surface area (Å²) in [6.07, 6.45) is -0.330. The molecule has 0 fully saturated rings. The van der Waals surface area contributed by atoms with Crippen LogP contribution in [-0.2, 0) is 11.2 Å². The van der Waals surface area contributed by atoms with Gasteiger partial charge in [0.25, 0.3) is 6.43 Å². The first-order chi connectivity index (χ1) is 9.20. The number of hydrogen-bond donors (Lipinski definition) is 1. The van der Waals surface area contributed by atoms with Crippen LogP contribution in [-0.4, -0.2) is 33.3 Å². The van der Waals surface area contributed by atoms with E-state index in [0.29, 0.717) is 13.2 Å². The van der Waals surface area contributed by atoms with Crippen molar-refractivity contribution in [2.45, 2.75) is 25.3 Å². The van der Waals surface area contributed by atoms with Crippen molar-refractivity contribution < 1.29 is 18.3 Å². The molecule has 1 atom stereocenters. The first-order valence-corrected chi connectivity index (χ1v) is 6.47. The van der Waals surface area contributed by atoms with Gasteiger partial charge in [-0.1, -0.05) is 6.07 Å². The molecule has 0 radical (unpaired) electrons. The van der Waals surface area contributed by atoms with Crippen LogP contribution in [0.25, 0.3) is 0 Å². The van der Waals surface area contributed by atoms with E-state index < -0.39 is 13.0 Å². The van der Waals surface area contributed by atoms with E-state index in [2.05, 4.69) is 11.4 Å². The van der Waals surface area contributed by atoms with E-state index in [1.807, 2.05) is 12.1 Å². The van der Waals surface area contributed by atoms with Gasteiger partial charge in [0, 0.05) is 12.6 Å². The van der Waals surface area contributed by atoms with Crippen LogP contribution in [0.4, 0.5) is 8.78 Å². The third kappa shape index (κ3) is 3.88. The monoisotopic (exact) mass is 271 g/mol. The molecule has 0 amide bonds. The second-order valence-electron chi connectivity index (χ2n) is 4.58. The largest absolute Gasteiger partial charge is 0.497 e. The maximum atomic E-state index is 11.9. The zero-order chi connectivity index (χ0) is 13.7. The van der Waals surface area contributed by atoms with E-state index in [4.69, 9.17) is 9.47 Å². The fourth-order valence-corrected chi connectivity index (χ4v) is 2.40. The Hall–Kier alpha value is -1.20. The molecule has 1 N–H and O–H groups in total. The number of ether oxygens (including phenoxy) is 2. The molecule has 0 saturated heterocycles. The Morgan fingerprint density at radius 2 is 2.26 bits per heavy atom. The van der Waals surface area contributed by atoms with Crippen LogP contribution < -0.4 is 10.1 Å². The highest BCUT2D eigenvalue weighted by Gasteiger charge is 2.22. The third-order valence-corrected chi connectivity index (χ3v) is 3.31. The molecule has 0 heterocycles. The van der Waals surface area contributed by atoms with Crippen molar-refractivity contribution in [3.63, 3.8) is 0 Å². The number of hydrogen-bond acceptors (Lipinski definition) is 3. The van der Waals surface area contributed by atoms with E-state index >= 15 is 0 Å². The van der Waals surface area contributed by atoms with E-state index in [9.17, 15) is 8.78 Å². The smallest absolute Gasteiger partial charge is 0.261 e. The minimum atomic E-state index is -2.39. The molecule has 5 heteroatoms. The SMILES string of the molecule is COc1ccc2c(c1)C(NCCOCC(F)F)CC2. The van der Waals surface area contributed by atoms with Gasteiger partial charge in [0.1, 0.15) is 12.4 Å². The summed E-state index contributed by atoms with van der Waals surface area (Å²) in [7, 11) is 1.65. The topological polar surface area (TPSA) is 30.5 Å². The standard InChI is InChI=1S/C14H19F2NO2/c1-18-11-4-2-10-3-5-13(12(10)8-11)17-6-7-19-9-14(15)16/h2,4,8,13-14,17H,3,5-7,9H2,1H3. The summed E-state index contributed by atoms with van der Waals surface area (Å²) in [4.78, 5) is 0. The highest BCUT2D eigenvalue weighted by Crippen LogP contribution is 2.33. The summed E-state index contributed by atoms with van der Waals surface area (Å²) in [6.45, 7) is 0.394. The van der Waals surface area contributed by atoms with Crippen molar-refractivity contribution in [2.24, 2.45) is 0 Å². The Labute approximate surface area is 111 Å². The molecule has 0 saturated carbocycles. The molecule has 106 valence electrons. The van der Waals surface area contributed by atoms with Crippen LogP contribution in [0.5, 0.6) is 5.75 Å². The highest BCUT2D eigenvalue weighted by atomic mass is 19.3. The van der Waals surface area contributed by atoms with Crippen molar-refractivity contribution in [3.8, 4) is 5.75 Å². The fourth-order valence-electron chi connectivity index (χ4n) is 2.40. The lowest BCUT2D eigenvalue weighted by atomic mass is 10.1. The molecule has 19 heavy (non-hydrogen) atoms. The van der Waals surface area contributed by atoms with Gasteiger partial charge in [-0.3, -0.25) is 0 Å². The Kier molecular flexibility index (Phi) is 5.10. The van der Waals surface area contributed by atoms with Crippen molar-refractivity contribution in [1.29, 1.82) is 0 Å². The second-order valence-corrected chi connectivity index (χ2v) is 4.58. The van der Waals surface area contributed by atoms with Gasteiger partial charge in [-0.05, 0) is 36.1 Å². The Morgan fingerprint density at radius 3 is 3.00 bits per heavy atom. The predicted octanol–water partition coefficient (Wildman–Crippen LogP) is 2.55. The van der Waals surface area contributed by atoms with Gasteiger partial charge in [0.05, 0.1) is 13.7 Å². The van der Waals surface area contributed by atoms with E-state index in [0.717, 1.165) is 18.6 Å². The van der Waals surface area contributed by atoms with E-state index in [1.165, 1.54) is 11.1 Å². The van der Waals surface area contributed by atoms with Gasteiger partial charge < -0.3 is 14.8 Å². The van der Waals surface area contributed by atoms with Gasteiger partial charge >= 0.3 is 0 Å². The first kappa shape index (κ1) is 14.2. The Balaban J connectivity index is 1.81. The molecule has 1 aromatic carbocycles. The number of aryl methyl sites for hydroxylation is 1. The van der Waals surface area contributed by atoms with Crippen LogP contribution >= 0.6 is 0 Å². The van der Waals surface area contributed by atoms with Crippen molar-refractivity contribution in [3.05, 3.63) is 29.3 Å². The lowest BCUT2D eigenvalue weighted by Gasteiger charge is -2.15. The molecule has 3 nitrogen and oxygen atoms in total. The van der Waals surface area contributed by atoms with Crippen molar-refractivity contribution in [1.82, 2.24) is 5.32 Å². The van der Waals surface area contributed by atoms with Gasteiger partial charge in [0.15, 0.2) is 0 Å². The number of nitrogens with one attached hydrogen (secondary N) is 1. The summed E-state index contributed by atoms with van der Waals surface area (Å²) in [5.41, 5.74) is 2.57. The third-order valence-electron chi connectivity index (χ3n) is 3.31. The molecule has 2 rings (SSSR count). The summed E-state index contributed by atoms with van der Waals surface area (Å²) >= 11 is 0. The molecule has 0 bridgehead atoms. The number of fused-ring (bicyclic) bond motifs is 1. The molecule has 1 unspecified atom stereocenters. The molecule has 1 aliphatic carbocycles. The zero-order valence-electron chi connectivity index (χ0n) is 11.0. The second kappa shape index (κ2) is 6.82. The van der Waals surface area contributed by atoms with Crippen LogP contribution in [0.1, 0.15) is 23.6 Å². The van der Waals surface area contributed by atoms with E-state index in [-0.39, 0.29) is 6.04 Å². The summed E-state index contributed by atoms with van der Waals surface area (Å²) in [5, 5.41) is 3.34. The van der Waals surface area contributed by atoms with Gasteiger partial charge in [0.2, 0.25) is 0 Å². The number of halogens is 2. The quantitative estimate of drug-likeness (QED) is 0.773. The maximum Gasteiger partial charge on any atom is 0.261 e. The molecular formula is C14H19F2NO2. The predicted molar refractivity (Wildman–Crippen MR) is 68.9 cm³/mol. The van der Waals surface area contributed by atoms with Gasteiger partial charge in [-0.25, -0.2) is 8.78 Å².